The molecule has 1 atom stereocenters. The monoisotopic (exact) mass is 451 g/mol. The molecule has 1 unspecified atom stereocenters. The maximum absolute atomic E-state index is 13.1. The summed E-state index contributed by atoms with van der Waals surface area (Å²) < 4.78 is 10.4. The van der Waals surface area contributed by atoms with Crippen LogP contribution in [0.15, 0.2) is 54.6 Å². The molecule has 3 N–H and O–H groups in total. The number of fused-ring (bicyclic) bond motifs is 1. The molecule has 0 radical (unpaired) electrons. The van der Waals surface area contributed by atoms with E-state index in [9.17, 15) is 14.4 Å². The number of H-pyrrole nitrogens is 1. The van der Waals surface area contributed by atoms with E-state index in [1.165, 1.54) is 0 Å². The molecule has 2 aromatic carbocycles. The number of esters is 1. The Balaban J connectivity index is 1.77. The van der Waals surface area contributed by atoms with Crippen LogP contribution in [0.4, 0.5) is 10.5 Å². The lowest BCUT2D eigenvalue weighted by Gasteiger charge is -2.23. The van der Waals surface area contributed by atoms with E-state index in [4.69, 9.17) is 9.47 Å². The highest BCUT2D eigenvalue weighted by atomic mass is 16.6. The summed E-state index contributed by atoms with van der Waals surface area (Å²) in [6.07, 6.45) is -0.371. The topological polar surface area (TPSA) is 110 Å². The Kier molecular flexibility index (Phi) is 7.37. The summed E-state index contributed by atoms with van der Waals surface area (Å²) in [5.74, 6) is -0.825. The molecule has 3 rings (SSSR count). The van der Waals surface area contributed by atoms with Crippen LogP contribution in [-0.2, 0) is 20.7 Å². The van der Waals surface area contributed by atoms with Gasteiger partial charge in [0.15, 0.2) is 0 Å². The molecule has 0 fully saturated rings. The zero-order chi connectivity index (χ0) is 24.0. The minimum Gasteiger partial charge on any atom is -0.461 e. The number of rotatable bonds is 7. The number of amides is 2. The highest BCUT2D eigenvalue weighted by Crippen LogP contribution is 2.21. The van der Waals surface area contributed by atoms with Crippen LogP contribution in [0.3, 0.4) is 0 Å². The van der Waals surface area contributed by atoms with Gasteiger partial charge in [0, 0.05) is 23.0 Å². The van der Waals surface area contributed by atoms with Crippen LogP contribution < -0.4 is 10.6 Å². The lowest BCUT2D eigenvalue weighted by molar-refractivity contribution is -0.118. The zero-order valence-electron chi connectivity index (χ0n) is 19.2. The predicted octanol–water partition coefficient (Wildman–Crippen LogP) is 4.42. The molecule has 0 bridgehead atoms. The summed E-state index contributed by atoms with van der Waals surface area (Å²) in [4.78, 5) is 40.4. The molecule has 0 aliphatic carbocycles. The molecular weight excluding hydrogens is 422 g/mol. The van der Waals surface area contributed by atoms with Crippen molar-refractivity contribution in [3.63, 3.8) is 0 Å². The molecule has 0 aliphatic rings. The number of hydrogen-bond donors (Lipinski definition) is 3. The molecule has 1 heterocycles. The van der Waals surface area contributed by atoms with Gasteiger partial charge < -0.3 is 25.1 Å². The van der Waals surface area contributed by atoms with Gasteiger partial charge in [0.1, 0.15) is 17.3 Å². The largest absolute Gasteiger partial charge is 0.461 e. The van der Waals surface area contributed by atoms with Gasteiger partial charge in [0.25, 0.3) is 0 Å². The first-order valence-electron chi connectivity index (χ1n) is 10.8. The molecule has 174 valence electrons. The van der Waals surface area contributed by atoms with E-state index in [2.05, 4.69) is 15.6 Å². The average molecular weight is 452 g/mol. The number of anilines is 1. The molecule has 8 nitrogen and oxygen atoms in total. The number of alkyl carbamates (subject to hydrolysis) is 1. The van der Waals surface area contributed by atoms with Crippen molar-refractivity contribution in [1.29, 1.82) is 0 Å². The van der Waals surface area contributed by atoms with Crippen molar-refractivity contribution in [3.8, 4) is 0 Å². The summed E-state index contributed by atoms with van der Waals surface area (Å²) in [6.45, 7) is 7.30. The lowest BCUT2D eigenvalue weighted by atomic mass is 10.1. The van der Waals surface area contributed by atoms with Gasteiger partial charge in [-0.15, -0.1) is 0 Å². The van der Waals surface area contributed by atoms with Gasteiger partial charge in [-0.3, -0.25) is 4.79 Å². The first kappa shape index (κ1) is 23.8. The second kappa shape index (κ2) is 10.2. The van der Waals surface area contributed by atoms with Crippen molar-refractivity contribution in [3.05, 3.63) is 65.9 Å². The molecule has 33 heavy (non-hydrogen) atoms. The first-order valence-corrected chi connectivity index (χ1v) is 10.8. The van der Waals surface area contributed by atoms with Crippen molar-refractivity contribution in [1.82, 2.24) is 10.3 Å². The Morgan fingerprint density at radius 3 is 2.42 bits per heavy atom. The van der Waals surface area contributed by atoms with Gasteiger partial charge in [-0.1, -0.05) is 30.3 Å². The normalized spacial score (nSPS) is 12.1. The fourth-order valence-electron chi connectivity index (χ4n) is 3.27. The highest BCUT2D eigenvalue weighted by Gasteiger charge is 2.25. The fraction of sp³-hybridized carbons (Fsp3) is 0.320. The predicted molar refractivity (Wildman–Crippen MR) is 126 cm³/mol. The third-order valence-electron chi connectivity index (χ3n) is 4.67. The van der Waals surface area contributed by atoms with Crippen LogP contribution >= 0.6 is 0 Å². The Morgan fingerprint density at radius 2 is 1.76 bits per heavy atom. The van der Waals surface area contributed by atoms with E-state index in [1.807, 2.05) is 30.3 Å². The fourth-order valence-corrected chi connectivity index (χ4v) is 3.27. The van der Waals surface area contributed by atoms with Crippen LogP contribution in [0.25, 0.3) is 10.9 Å². The SMILES string of the molecule is CCOC(=O)c1cc2cc(NC(=O)C(Cc3ccccc3)NC(=O)OC(C)(C)C)ccc2[nH]1. The van der Waals surface area contributed by atoms with Crippen LogP contribution in [0.1, 0.15) is 43.7 Å². The van der Waals surface area contributed by atoms with Crippen molar-refractivity contribution in [2.45, 2.75) is 45.8 Å². The summed E-state index contributed by atoms with van der Waals surface area (Å²) in [5.41, 5.74) is 1.82. The molecule has 0 aliphatic heterocycles. The minimum atomic E-state index is -0.848. The standard InChI is InChI=1S/C25H29N3O5/c1-5-32-23(30)21-15-17-14-18(11-12-19(17)27-21)26-22(29)20(13-16-9-7-6-8-10-16)28-24(31)33-25(2,3)4/h6-12,14-15,20,27H,5,13H2,1-4H3,(H,26,29)(H,28,31). The summed E-state index contributed by atoms with van der Waals surface area (Å²) >= 11 is 0. The number of hydrogen-bond acceptors (Lipinski definition) is 5. The van der Waals surface area contributed by atoms with Crippen molar-refractivity contribution in [2.75, 3.05) is 11.9 Å². The molecule has 8 heteroatoms. The van der Waals surface area contributed by atoms with E-state index in [0.717, 1.165) is 16.5 Å². The number of aromatic nitrogens is 1. The Bertz CT molecular complexity index is 1130. The number of ether oxygens (including phenoxy) is 2. The number of aromatic amines is 1. The maximum atomic E-state index is 13.1. The number of carbonyl (C=O) groups excluding carboxylic acids is 3. The zero-order valence-corrected chi connectivity index (χ0v) is 19.2. The average Bonchev–Trinajstić information content (AvgIpc) is 3.16. The summed E-state index contributed by atoms with van der Waals surface area (Å²) in [6, 6.07) is 15.5. The quantitative estimate of drug-likeness (QED) is 0.461. The number of benzene rings is 2. The maximum Gasteiger partial charge on any atom is 0.408 e. The Morgan fingerprint density at radius 1 is 1.03 bits per heavy atom. The van der Waals surface area contributed by atoms with Gasteiger partial charge in [-0.05, 0) is 57.5 Å². The van der Waals surface area contributed by atoms with Crippen LogP contribution in [0.2, 0.25) is 0 Å². The molecule has 0 spiro atoms. The second-order valence-corrected chi connectivity index (χ2v) is 8.58. The van der Waals surface area contributed by atoms with Gasteiger partial charge in [0.2, 0.25) is 5.91 Å². The highest BCUT2D eigenvalue weighted by molar-refractivity contribution is 6.00. The van der Waals surface area contributed by atoms with Gasteiger partial charge >= 0.3 is 12.1 Å². The second-order valence-electron chi connectivity index (χ2n) is 8.58. The van der Waals surface area contributed by atoms with Crippen LogP contribution in [-0.4, -0.2) is 41.2 Å². The van der Waals surface area contributed by atoms with E-state index in [1.54, 1.807) is 52.0 Å². The molecule has 3 aromatic rings. The number of carbonyl (C=O) groups is 3. The van der Waals surface area contributed by atoms with Crippen molar-refractivity contribution < 1.29 is 23.9 Å². The third kappa shape index (κ3) is 6.83. The van der Waals surface area contributed by atoms with Crippen LogP contribution in [0.5, 0.6) is 0 Å². The van der Waals surface area contributed by atoms with Gasteiger partial charge in [-0.2, -0.15) is 0 Å². The van der Waals surface area contributed by atoms with Crippen molar-refractivity contribution >= 4 is 34.6 Å². The minimum absolute atomic E-state index is 0.281. The Hall–Kier alpha value is -3.81. The summed E-state index contributed by atoms with van der Waals surface area (Å²) in [7, 11) is 0. The molecule has 2 amide bonds. The molecule has 1 aromatic heterocycles. The van der Waals surface area contributed by atoms with E-state index >= 15 is 0 Å². The van der Waals surface area contributed by atoms with Gasteiger partial charge in [-0.25, -0.2) is 9.59 Å². The van der Waals surface area contributed by atoms with Gasteiger partial charge in [0.05, 0.1) is 6.61 Å². The van der Waals surface area contributed by atoms with E-state index in [0.29, 0.717) is 17.8 Å². The lowest BCUT2D eigenvalue weighted by Crippen LogP contribution is -2.47. The Labute approximate surface area is 192 Å². The molecule has 0 saturated carbocycles. The van der Waals surface area contributed by atoms with E-state index in [-0.39, 0.29) is 12.5 Å². The van der Waals surface area contributed by atoms with E-state index < -0.39 is 23.7 Å². The molecule has 0 saturated heterocycles. The third-order valence-corrected chi connectivity index (χ3v) is 4.67. The number of nitrogens with one attached hydrogen (secondary N) is 3. The van der Waals surface area contributed by atoms with Crippen LogP contribution in [0, 0.1) is 0 Å². The summed E-state index contributed by atoms with van der Waals surface area (Å²) in [5, 5.41) is 6.26. The first-order chi connectivity index (χ1) is 15.6. The van der Waals surface area contributed by atoms with Crippen molar-refractivity contribution in [2.24, 2.45) is 0 Å². The molecular formula is C25H29N3O5. The smallest absolute Gasteiger partial charge is 0.408 e.